The topological polar surface area (TPSA) is 89.5 Å². The van der Waals surface area contributed by atoms with E-state index in [1.165, 1.54) is 6.92 Å². The summed E-state index contributed by atoms with van der Waals surface area (Å²) in [6.45, 7) is 11.2. The van der Waals surface area contributed by atoms with Gasteiger partial charge in [-0.1, -0.05) is 20.8 Å². The molecule has 0 saturated carbocycles. The van der Waals surface area contributed by atoms with Crippen LogP contribution < -0.4 is 0 Å². The first kappa shape index (κ1) is 18.9. The van der Waals surface area contributed by atoms with Crippen LogP contribution in [0.25, 0.3) is 0 Å². The van der Waals surface area contributed by atoms with Crippen molar-refractivity contribution in [2.24, 2.45) is 5.41 Å². The molecule has 2 fully saturated rings. The molecule has 7 heteroatoms. The van der Waals surface area contributed by atoms with Crippen LogP contribution >= 0.6 is 0 Å². The molecule has 1 aromatic heterocycles. The Morgan fingerprint density at radius 1 is 1.35 bits per heavy atom. The number of nitrogens with one attached hydrogen (secondary N) is 1. The van der Waals surface area contributed by atoms with Crippen molar-refractivity contribution in [3.63, 3.8) is 0 Å². The Bertz CT molecular complexity index is 659. The Morgan fingerprint density at radius 2 is 2.00 bits per heavy atom. The molecule has 1 aromatic rings. The summed E-state index contributed by atoms with van der Waals surface area (Å²) >= 11 is 0. The number of carboxylic acid groups (broad SMARTS) is 1. The fourth-order valence-corrected chi connectivity index (χ4v) is 4.22. The lowest BCUT2D eigenvalue weighted by atomic mass is 9.76. The number of H-pyrrole nitrogens is 1. The van der Waals surface area contributed by atoms with Gasteiger partial charge in [0.05, 0.1) is 5.69 Å². The lowest BCUT2D eigenvalue weighted by Gasteiger charge is -2.39. The van der Waals surface area contributed by atoms with Gasteiger partial charge in [0.25, 0.3) is 0 Å². The molecular weight excluding hydrogens is 332 g/mol. The smallest absolute Gasteiger partial charge is 0.326 e. The molecule has 144 valence electrons. The standard InChI is InChI=1S/C19H30N4O3/c1-13(24)23-12-19(10-15(23)17(25)26)5-7-22(8-6-19)11-14-9-16(21-20-14)18(2,3)4/h9,15H,5-8,10-12H2,1-4H3,(H,20,21)(H,25,26). The highest BCUT2D eigenvalue weighted by atomic mass is 16.4. The van der Waals surface area contributed by atoms with E-state index in [9.17, 15) is 14.7 Å². The predicted octanol–water partition coefficient (Wildman–Crippen LogP) is 1.99. The molecule has 7 nitrogen and oxygen atoms in total. The number of rotatable bonds is 3. The highest BCUT2D eigenvalue weighted by Gasteiger charge is 2.49. The number of aromatic amines is 1. The van der Waals surface area contributed by atoms with Crippen LogP contribution in [-0.2, 0) is 21.5 Å². The van der Waals surface area contributed by atoms with E-state index in [2.05, 4.69) is 41.9 Å². The summed E-state index contributed by atoms with van der Waals surface area (Å²) in [5, 5.41) is 17.0. The number of likely N-dealkylation sites (tertiary alicyclic amines) is 2. The van der Waals surface area contributed by atoms with Gasteiger partial charge in [-0.25, -0.2) is 4.79 Å². The van der Waals surface area contributed by atoms with Crippen LogP contribution in [0.1, 0.15) is 58.3 Å². The molecule has 0 aliphatic carbocycles. The summed E-state index contributed by atoms with van der Waals surface area (Å²) in [4.78, 5) is 27.3. The Labute approximate surface area is 154 Å². The minimum Gasteiger partial charge on any atom is -0.480 e. The van der Waals surface area contributed by atoms with E-state index in [0.717, 1.165) is 43.9 Å². The summed E-state index contributed by atoms with van der Waals surface area (Å²) < 4.78 is 0. The van der Waals surface area contributed by atoms with Crippen LogP contribution in [0.15, 0.2) is 6.07 Å². The van der Waals surface area contributed by atoms with Crippen LogP contribution in [-0.4, -0.2) is 62.7 Å². The minimum absolute atomic E-state index is 0.0343. The van der Waals surface area contributed by atoms with Crippen molar-refractivity contribution in [3.8, 4) is 0 Å². The summed E-state index contributed by atoms with van der Waals surface area (Å²) in [5.41, 5.74) is 2.17. The summed E-state index contributed by atoms with van der Waals surface area (Å²) in [7, 11) is 0. The van der Waals surface area contributed by atoms with Crippen molar-refractivity contribution in [2.45, 2.75) is 65.0 Å². The second-order valence-corrected chi connectivity index (χ2v) is 9.01. The van der Waals surface area contributed by atoms with Crippen LogP contribution in [0.5, 0.6) is 0 Å². The van der Waals surface area contributed by atoms with E-state index in [1.807, 2.05) is 0 Å². The third kappa shape index (κ3) is 3.77. The molecular formula is C19H30N4O3. The fraction of sp³-hybridized carbons (Fsp3) is 0.737. The largest absolute Gasteiger partial charge is 0.480 e. The third-order valence-corrected chi connectivity index (χ3v) is 5.91. The molecule has 1 unspecified atom stereocenters. The van der Waals surface area contributed by atoms with Crippen molar-refractivity contribution in [1.29, 1.82) is 0 Å². The second kappa shape index (κ2) is 6.68. The quantitative estimate of drug-likeness (QED) is 0.858. The van der Waals surface area contributed by atoms with E-state index < -0.39 is 12.0 Å². The van der Waals surface area contributed by atoms with Crippen LogP contribution in [0.4, 0.5) is 0 Å². The first-order valence-corrected chi connectivity index (χ1v) is 9.37. The van der Waals surface area contributed by atoms with Gasteiger partial charge in [-0.3, -0.25) is 14.8 Å². The Kier molecular flexibility index (Phi) is 4.86. The SMILES string of the molecule is CC(=O)N1CC2(CCN(Cc3cc(C(C)(C)C)n[nH]3)CC2)CC1C(=O)O. The number of aliphatic carboxylic acids is 1. The molecule has 2 aliphatic rings. The molecule has 2 N–H and O–H groups in total. The zero-order valence-electron chi connectivity index (χ0n) is 16.2. The van der Waals surface area contributed by atoms with Crippen molar-refractivity contribution in [1.82, 2.24) is 20.0 Å². The summed E-state index contributed by atoms with van der Waals surface area (Å²) in [6.07, 6.45) is 2.44. The lowest BCUT2D eigenvalue weighted by molar-refractivity contribution is -0.147. The average molecular weight is 362 g/mol. The van der Waals surface area contributed by atoms with Gasteiger partial charge in [0.1, 0.15) is 6.04 Å². The number of nitrogens with zero attached hydrogens (tertiary/aromatic N) is 3. The number of carbonyl (C=O) groups excluding carboxylic acids is 1. The normalized spacial score (nSPS) is 23.5. The lowest BCUT2D eigenvalue weighted by Crippen LogP contribution is -2.42. The summed E-state index contributed by atoms with van der Waals surface area (Å²) in [5.74, 6) is -1.02. The maximum Gasteiger partial charge on any atom is 0.326 e. The molecule has 0 aromatic carbocycles. The van der Waals surface area contributed by atoms with E-state index >= 15 is 0 Å². The first-order valence-electron chi connectivity index (χ1n) is 9.37. The number of carbonyl (C=O) groups is 2. The predicted molar refractivity (Wildman–Crippen MR) is 97.7 cm³/mol. The van der Waals surface area contributed by atoms with Gasteiger partial charge in [0.2, 0.25) is 5.91 Å². The monoisotopic (exact) mass is 362 g/mol. The maximum absolute atomic E-state index is 11.8. The first-order chi connectivity index (χ1) is 12.1. The number of aromatic nitrogens is 2. The molecule has 1 amide bonds. The number of amides is 1. The third-order valence-electron chi connectivity index (χ3n) is 5.91. The van der Waals surface area contributed by atoms with Crippen molar-refractivity contribution in [2.75, 3.05) is 19.6 Å². The van der Waals surface area contributed by atoms with Gasteiger partial charge in [-0.05, 0) is 43.8 Å². The Hall–Kier alpha value is -1.89. The molecule has 26 heavy (non-hydrogen) atoms. The van der Waals surface area contributed by atoms with Crippen LogP contribution in [0.2, 0.25) is 0 Å². The van der Waals surface area contributed by atoms with Crippen LogP contribution in [0, 0.1) is 5.41 Å². The van der Waals surface area contributed by atoms with E-state index in [0.29, 0.717) is 13.0 Å². The molecule has 3 rings (SSSR count). The second-order valence-electron chi connectivity index (χ2n) is 9.01. The number of carboxylic acids is 1. The maximum atomic E-state index is 11.8. The summed E-state index contributed by atoms with van der Waals surface area (Å²) in [6, 6.07) is 1.47. The van der Waals surface area contributed by atoms with Crippen molar-refractivity contribution >= 4 is 11.9 Å². The fourth-order valence-electron chi connectivity index (χ4n) is 4.22. The molecule has 0 bridgehead atoms. The zero-order chi connectivity index (χ0) is 19.1. The number of hydrogen-bond donors (Lipinski definition) is 2. The van der Waals surface area contributed by atoms with Crippen molar-refractivity contribution in [3.05, 3.63) is 17.5 Å². The average Bonchev–Trinajstić information content (AvgIpc) is 3.15. The highest BCUT2D eigenvalue weighted by molar-refractivity contribution is 5.83. The zero-order valence-corrected chi connectivity index (χ0v) is 16.2. The van der Waals surface area contributed by atoms with Gasteiger partial charge in [0.15, 0.2) is 0 Å². The molecule has 1 spiro atoms. The van der Waals surface area contributed by atoms with Gasteiger partial charge < -0.3 is 10.0 Å². The number of piperidine rings is 1. The van der Waals surface area contributed by atoms with Gasteiger partial charge >= 0.3 is 5.97 Å². The molecule has 0 radical (unpaired) electrons. The van der Waals surface area contributed by atoms with Crippen molar-refractivity contribution < 1.29 is 14.7 Å². The molecule has 3 heterocycles. The van der Waals surface area contributed by atoms with E-state index in [4.69, 9.17) is 0 Å². The van der Waals surface area contributed by atoms with Gasteiger partial charge in [0, 0.05) is 31.1 Å². The van der Waals surface area contributed by atoms with E-state index in [-0.39, 0.29) is 16.7 Å². The minimum atomic E-state index is -0.883. The van der Waals surface area contributed by atoms with Crippen LogP contribution in [0.3, 0.4) is 0 Å². The van der Waals surface area contributed by atoms with Gasteiger partial charge in [-0.2, -0.15) is 5.10 Å². The Balaban J connectivity index is 1.60. The Morgan fingerprint density at radius 3 is 2.46 bits per heavy atom. The highest BCUT2D eigenvalue weighted by Crippen LogP contribution is 2.43. The molecule has 1 atom stereocenters. The van der Waals surface area contributed by atoms with E-state index in [1.54, 1.807) is 4.90 Å². The molecule has 2 saturated heterocycles. The number of hydrogen-bond acceptors (Lipinski definition) is 4. The van der Waals surface area contributed by atoms with Gasteiger partial charge in [-0.15, -0.1) is 0 Å². The molecule has 2 aliphatic heterocycles.